The molecule has 0 radical (unpaired) electrons. The zero-order valence-corrected chi connectivity index (χ0v) is 12.7. The van der Waals surface area contributed by atoms with Crippen LogP contribution in [0.3, 0.4) is 0 Å². The molecule has 3 nitrogen and oxygen atoms in total. The number of anilines is 1. The van der Waals surface area contributed by atoms with E-state index in [2.05, 4.69) is 4.74 Å². The van der Waals surface area contributed by atoms with Gasteiger partial charge >= 0.3 is 5.97 Å². The van der Waals surface area contributed by atoms with Gasteiger partial charge < -0.3 is 10.5 Å². The van der Waals surface area contributed by atoms with Crippen molar-refractivity contribution < 1.29 is 18.3 Å². The quantitative estimate of drug-likeness (QED) is 0.865. The van der Waals surface area contributed by atoms with Crippen LogP contribution in [0.2, 0.25) is 0 Å². The molecule has 0 amide bonds. The van der Waals surface area contributed by atoms with Gasteiger partial charge in [0.2, 0.25) is 0 Å². The molecule has 0 bridgehead atoms. The second-order valence-corrected chi connectivity index (χ2v) is 5.86. The molecule has 0 unspecified atom stereocenters. The zero-order chi connectivity index (χ0) is 15.7. The van der Waals surface area contributed by atoms with E-state index >= 15 is 0 Å². The fourth-order valence-electron chi connectivity index (χ4n) is 2.15. The molecule has 0 aliphatic carbocycles. The van der Waals surface area contributed by atoms with Crippen LogP contribution < -0.4 is 5.73 Å². The van der Waals surface area contributed by atoms with Crippen molar-refractivity contribution in [3.8, 4) is 10.4 Å². The number of carbonyl (C=O) groups is 1. The SMILES string of the molecule is COC(=O)c1sc(-c2cccc(F)c2F)c(C(C)C)c1N. The van der Waals surface area contributed by atoms with Crippen molar-refractivity contribution in [2.24, 2.45) is 0 Å². The lowest BCUT2D eigenvalue weighted by Gasteiger charge is -2.10. The highest BCUT2D eigenvalue weighted by atomic mass is 32.1. The Kier molecular flexibility index (Phi) is 4.27. The Balaban J connectivity index is 2.74. The molecular weight excluding hydrogens is 296 g/mol. The first-order valence-corrected chi connectivity index (χ1v) is 7.15. The van der Waals surface area contributed by atoms with E-state index in [1.54, 1.807) is 0 Å². The highest BCUT2D eigenvalue weighted by molar-refractivity contribution is 7.18. The van der Waals surface area contributed by atoms with Crippen LogP contribution in [0.5, 0.6) is 0 Å². The van der Waals surface area contributed by atoms with Gasteiger partial charge in [-0.1, -0.05) is 26.0 Å². The maximum Gasteiger partial charge on any atom is 0.350 e. The number of hydrogen-bond acceptors (Lipinski definition) is 4. The summed E-state index contributed by atoms with van der Waals surface area (Å²) >= 11 is 1.02. The first kappa shape index (κ1) is 15.4. The molecule has 0 saturated heterocycles. The fourth-order valence-corrected chi connectivity index (χ4v) is 3.47. The van der Waals surface area contributed by atoms with E-state index in [0.717, 1.165) is 17.4 Å². The van der Waals surface area contributed by atoms with E-state index in [-0.39, 0.29) is 22.0 Å². The topological polar surface area (TPSA) is 52.3 Å². The standard InChI is InChI=1S/C15H15F2NO2S/c1-7(2)10-12(18)14(15(19)20-3)21-13(10)8-5-4-6-9(16)11(8)17/h4-7H,18H2,1-3H3. The van der Waals surface area contributed by atoms with E-state index in [4.69, 9.17) is 5.73 Å². The van der Waals surface area contributed by atoms with Crippen LogP contribution in [0, 0.1) is 11.6 Å². The fraction of sp³-hybridized carbons (Fsp3) is 0.267. The summed E-state index contributed by atoms with van der Waals surface area (Å²) in [4.78, 5) is 12.4. The Morgan fingerprint density at radius 1 is 1.33 bits per heavy atom. The van der Waals surface area contributed by atoms with Crippen LogP contribution in [0.25, 0.3) is 10.4 Å². The molecule has 0 saturated carbocycles. The van der Waals surface area contributed by atoms with Gasteiger partial charge in [0.15, 0.2) is 11.6 Å². The normalized spacial score (nSPS) is 11.0. The lowest BCUT2D eigenvalue weighted by atomic mass is 9.98. The van der Waals surface area contributed by atoms with Gasteiger partial charge in [0.25, 0.3) is 0 Å². The number of ether oxygens (including phenoxy) is 1. The number of carbonyl (C=O) groups excluding carboxylic acids is 1. The minimum atomic E-state index is -0.947. The van der Waals surface area contributed by atoms with Crippen molar-refractivity contribution in [1.82, 2.24) is 0 Å². The summed E-state index contributed by atoms with van der Waals surface area (Å²) in [5, 5.41) is 0. The maximum atomic E-state index is 14.0. The van der Waals surface area contributed by atoms with Crippen LogP contribution in [0.4, 0.5) is 14.5 Å². The van der Waals surface area contributed by atoms with Crippen molar-refractivity contribution in [1.29, 1.82) is 0 Å². The first-order valence-electron chi connectivity index (χ1n) is 6.33. The third-order valence-corrected chi connectivity index (χ3v) is 4.36. The molecule has 21 heavy (non-hydrogen) atoms. The third kappa shape index (κ3) is 2.63. The first-order chi connectivity index (χ1) is 9.88. The van der Waals surface area contributed by atoms with E-state index in [1.165, 1.54) is 19.2 Å². The van der Waals surface area contributed by atoms with Gasteiger partial charge in [0.05, 0.1) is 12.8 Å². The van der Waals surface area contributed by atoms with Gasteiger partial charge in [-0.3, -0.25) is 0 Å². The lowest BCUT2D eigenvalue weighted by Crippen LogP contribution is -2.03. The van der Waals surface area contributed by atoms with Crippen molar-refractivity contribution in [3.63, 3.8) is 0 Å². The number of esters is 1. The predicted octanol–water partition coefficient (Wildman–Crippen LogP) is 4.19. The number of hydrogen-bond donors (Lipinski definition) is 1. The minimum absolute atomic E-state index is 0.0441. The van der Waals surface area contributed by atoms with Gasteiger partial charge in [-0.2, -0.15) is 0 Å². The molecule has 112 valence electrons. The average Bonchev–Trinajstić information content (AvgIpc) is 2.78. The largest absolute Gasteiger partial charge is 0.465 e. The van der Waals surface area contributed by atoms with Crippen LogP contribution in [-0.2, 0) is 4.74 Å². The number of nitrogen functional groups attached to an aromatic ring is 1. The smallest absolute Gasteiger partial charge is 0.350 e. The van der Waals surface area contributed by atoms with Crippen LogP contribution in [0.1, 0.15) is 35.0 Å². The second-order valence-electron chi connectivity index (χ2n) is 4.84. The molecule has 0 spiro atoms. The van der Waals surface area contributed by atoms with Gasteiger partial charge in [0.1, 0.15) is 4.88 Å². The number of methoxy groups -OCH3 is 1. The van der Waals surface area contributed by atoms with E-state index < -0.39 is 17.6 Å². The Morgan fingerprint density at radius 2 is 2.00 bits per heavy atom. The third-order valence-electron chi connectivity index (χ3n) is 3.13. The van der Waals surface area contributed by atoms with Crippen LogP contribution in [-0.4, -0.2) is 13.1 Å². The summed E-state index contributed by atoms with van der Waals surface area (Å²) in [5.41, 5.74) is 7.00. The summed E-state index contributed by atoms with van der Waals surface area (Å²) in [5.74, 6) is -2.51. The molecule has 1 aromatic carbocycles. The van der Waals surface area contributed by atoms with Crippen LogP contribution >= 0.6 is 11.3 Å². The second kappa shape index (κ2) is 5.81. The highest BCUT2D eigenvalue weighted by Gasteiger charge is 2.26. The van der Waals surface area contributed by atoms with Gasteiger partial charge in [-0.15, -0.1) is 11.3 Å². The summed E-state index contributed by atoms with van der Waals surface area (Å²) in [7, 11) is 1.25. The number of nitrogens with two attached hydrogens (primary N) is 1. The van der Waals surface area contributed by atoms with E-state index in [1.807, 2.05) is 13.8 Å². The molecule has 0 aliphatic rings. The molecule has 1 aromatic heterocycles. The molecule has 0 atom stereocenters. The highest BCUT2D eigenvalue weighted by Crippen LogP contribution is 2.43. The summed E-state index contributed by atoms with van der Waals surface area (Å²) in [6.45, 7) is 3.75. The molecule has 1 heterocycles. The Labute approximate surface area is 125 Å². The van der Waals surface area contributed by atoms with Crippen molar-refractivity contribution in [2.75, 3.05) is 12.8 Å². The van der Waals surface area contributed by atoms with Crippen molar-refractivity contribution in [2.45, 2.75) is 19.8 Å². The Hall–Kier alpha value is -1.95. The molecular formula is C15H15F2NO2S. The molecule has 0 fully saturated rings. The zero-order valence-electron chi connectivity index (χ0n) is 11.9. The van der Waals surface area contributed by atoms with Gasteiger partial charge in [-0.05, 0) is 17.5 Å². The summed E-state index contributed by atoms with van der Waals surface area (Å²) in [6, 6.07) is 3.94. The molecule has 0 aliphatic heterocycles. The number of thiophene rings is 1. The van der Waals surface area contributed by atoms with E-state index in [9.17, 15) is 13.6 Å². The summed E-state index contributed by atoms with van der Waals surface area (Å²) < 4.78 is 32.1. The van der Waals surface area contributed by atoms with Crippen molar-refractivity contribution >= 4 is 23.0 Å². The monoisotopic (exact) mass is 311 g/mol. The number of rotatable bonds is 3. The van der Waals surface area contributed by atoms with Crippen LogP contribution in [0.15, 0.2) is 18.2 Å². The Morgan fingerprint density at radius 3 is 2.57 bits per heavy atom. The van der Waals surface area contributed by atoms with Crippen molar-refractivity contribution in [3.05, 3.63) is 40.3 Å². The minimum Gasteiger partial charge on any atom is -0.465 e. The molecule has 6 heteroatoms. The predicted molar refractivity (Wildman–Crippen MR) is 79.5 cm³/mol. The molecule has 2 rings (SSSR count). The van der Waals surface area contributed by atoms with E-state index in [0.29, 0.717) is 10.4 Å². The number of halogens is 2. The summed E-state index contributed by atoms with van der Waals surface area (Å²) in [6.07, 6.45) is 0. The lowest BCUT2D eigenvalue weighted by molar-refractivity contribution is 0.0607. The molecule has 2 N–H and O–H groups in total. The maximum absolute atomic E-state index is 14.0. The molecule has 2 aromatic rings. The van der Waals surface area contributed by atoms with Gasteiger partial charge in [0, 0.05) is 10.4 Å². The van der Waals surface area contributed by atoms with Gasteiger partial charge in [-0.25, -0.2) is 13.6 Å². The Bertz CT molecular complexity index is 695. The number of benzene rings is 1. The average molecular weight is 311 g/mol.